The Bertz CT molecular complexity index is 231. The molecule has 0 radical (unpaired) electrons. The fourth-order valence-corrected chi connectivity index (χ4v) is 0.922. The Hall–Kier alpha value is -0.870. The van der Waals surface area contributed by atoms with Crippen LogP contribution in [0.15, 0.2) is 12.5 Å². The largest absolute Gasteiger partial charge is 0.385 e. The molecule has 0 saturated carbocycles. The van der Waals surface area contributed by atoms with Gasteiger partial charge in [0.15, 0.2) is 0 Å². The zero-order valence-corrected chi connectivity index (χ0v) is 6.73. The second-order valence-corrected chi connectivity index (χ2v) is 2.73. The van der Waals surface area contributed by atoms with Crippen molar-refractivity contribution < 1.29 is 5.11 Å². The van der Waals surface area contributed by atoms with Gasteiger partial charge >= 0.3 is 0 Å². The molecule has 2 atom stereocenters. The van der Waals surface area contributed by atoms with Gasteiger partial charge in [0.25, 0.3) is 0 Å². The molecule has 1 rings (SSSR count). The Kier molecular flexibility index (Phi) is 2.26. The van der Waals surface area contributed by atoms with E-state index in [0.717, 1.165) is 5.69 Å². The second-order valence-electron chi connectivity index (χ2n) is 2.73. The lowest BCUT2D eigenvalue weighted by Crippen LogP contribution is -2.25. The molecule has 0 fully saturated rings. The number of aliphatic hydroxyl groups is 1. The summed E-state index contributed by atoms with van der Waals surface area (Å²) in [6.45, 7) is 1.76. The first-order valence-corrected chi connectivity index (χ1v) is 3.52. The van der Waals surface area contributed by atoms with Crippen LogP contribution in [0.2, 0.25) is 0 Å². The van der Waals surface area contributed by atoms with Crippen molar-refractivity contribution in [3.63, 3.8) is 0 Å². The van der Waals surface area contributed by atoms with Gasteiger partial charge in [0, 0.05) is 13.1 Å². The Morgan fingerprint density at radius 1 is 1.73 bits per heavy atom. The van der Waals surface area contributed by atoms with E-state index in [1.54, 1.807) is 24.0 Å². The average molecular weight is 155 g/mol. The summed E-state index contributed by atoms with van der Waals surface area (Å²) < 4.78 is 1.76. The van der Waals surface area contributed by atoms with Crippen molar-refractivity contribution in [2.24, 2.45) is 12.8 Å². The summed E-state index contributed by atoms with van der Waals surface area (Å²) in [5, 5.41) is 9.48. The maximum Gasteiger partial charge on any atom is 0.110 e. The highest BCUT2D eigenvalue weighted by Gasteiger charge is 2.14. The van der Waals surface area contributed by atoms with Gasteiger partial charge in [-0.05, 0) is 6.92 Å². The van der Waals surface area contributed by atoms with E-state index in [1.807, 2.05) is 7.05 Å². The molecule has 0 unspecified atom stereocenters. The molecule has 0 aromatic carbocycles. The maximum atomic E-state index is 9.48. The minimum Gasteiger partial charge on any atom is -0.385 e. The van der Waals surface area contributed by atoms with E-state index in [1.165, 1.54) is 0 Å². The van der Waals surface area contributed by atoms with E-state index in [4.69, 9.17) is 5.73 Å². The van der Waals surface area contributed by atoms with E-state index >= 15 is 0 Å². The highest BCUT2D eigenvalue weighted by molar-refractivity contribution is 5.03. The van der Waals surface area contributed by atoms with Crippen LogP contribution in [0.25, 0.3) is 0 Å². The minimum absolute atomic E-state index is 0.259. The van der Waals surface area contributed by atoms with Crippen molar-refractivity contribution in [1.29, 1.82) is 0 Å². The van der Waals surface area contributed by atoms with Gasteiger partial charge in [0.05, 0.1) is 18.2 Å². The molecule has 4 heteroatoms. The summed E-state index contributed by atoms with van der Waals surface area (Å²) in [7, 11) is 1.83. The summed E-state index contributed by atoms with van der Waals surface area (Å²) in [5.74, 6) is 0. The molecule has 4 nitrogen and oxygen atoms in total. The molecule has 3 N–H and O–H groups in total. The van der Waals surface area contributed by atoms with Crippen LogP contribution in [0.4, 0.5) is 0 Å². The molecular formula is C7H13N3O. The minimum atomic E-state index is -0.623. The maximum absolute atomic E-state index is 9.48. The van der Waals surface area contributed by atoms with Crippen molar-refractivity contribution in [3.8, 4) is 0 Å². The predicted octanol–water partition coefficient (Wildman–Crippen LogP) is -0.199. The summed E-state index contributed by atoms with van der Waals surface area (Å²) in [5.41, 5.74) is 6.25. The fourth-order valence-electron chi connectivity index (χ4n) is 0.922. The summed E-state index contributed by atoms with van der Waals surface area (Å²) in [6.07, 6.45) is 2.64. The fraction of sp³-hybridized carbons (Fsp3) is 0.571. The Balaban J connectivity index is 2.84. The molecule has 1 aromatic rings. The predicted molar refractivity (Wildman–Crippen MR) is 41.8 cm³/mol. The lowest BCUT2D eigenvalue weighted by atomic mass is 10.1. The molecule has 1 aromatic heterocycles. The molecule has 0 spiro atoms. The normalized spacial score (nSPS) is 16.4. The number of nitrogens with zero attached hydrogens (tertiary/aromatic N) is 2. The lowest BCUT2D eigenvalue weighted by Gasteiger charge is -2.14. The van der Waals surface area contributed by atoms with Gasteiger partial charge in [-0.25, -0.2) is 4.98 Å². The van der Waals surface area contributed by atoms with Gasteiger partial charge in [-0.2, -0.15) is 0 Å². The van der Waals surface area contributed by atoms with Gasteiger partial charge in [-0.3, -0.25) is 0 Å². The van der Waals surface area contributed by atoms with Crippen LogP contribution in [0.3, 0.4) is 0 Å². The molecule has 62 valence electrons. The number of rotatable bonds is 2. The van der Waals surface area contributed by atoms with E-state index in [-0.39, 0.29) is 6.04 Å². The van der Waals surface area contributed by atoms with Gasteiger partial charge in [0.2, 0.25) is 0 Å². The average Bonchev–Trinajstić information content (AvgIpc) is 2.33. The smallest absolute Gasteiger partial charge is 0.110 e. The molecule has 0 bridgehead atoms. The molecule has 0 saturated heterocycles. The van der Waals surface area contributed by atoms with E-state index in [2.05, 4.69) is 4.98 Å². The van der Waals surface area contributed by atoms with E-state index in [0.29, 0.717) is 0 Å². The standard InChI is InChI=1S/C7H13N3O/c1-5(8)7(11)6-3-9-4-10(6)2/h3-5,7,11H,8H2,1-2H3/t5-,7-/m1/s1. The van der Waals surface area contributed by atoms with Crippen LogP contribution >= 0.6 is 0 Å². The van der Waals surface area contributed by atoms with Crippen LogP contribution < -0.4 is 5.73 Å². The highest BCUT2D eigenvalue weighted by Crippen LogP contribution is 2.12. The SMILES string of the molecule is C[C@@H](N)[C@@H](O)c1cncn1C. The van der Waals surface area contributed by atoms with Crippen LogP contribution in [0.5, 0.6) is 0 Å². The van der Waals surface area contributed by atoms with Gasteiger partial charge < -0.3 is 15.4 Å². The van der Waals surface area contributed by atoms with Crippen molar-refractivity contribution in [2.75, 3.05) is 0 Å². The van der Waals surface area contributed by atoms with Gasteiger partial charge in [0.1, 0.15) is 6.10 Å². The van der Waals surface area contributed by atoms with Crippen molar-refractivity contribution in [3.05, 3.63) is 18.2 Å². The topological polar surface area (TPSA) is 64.1 Å². The number of aryl methyl sites for hydroxylation is 1. The van der Waals surface area contributed by atoms with E-state index in [9.17, 15) is 5.11 Å². The molecule has 0 aliphatic carbocycles. The number of hydrogen-bond acceptors (Lipinski definition) is 3. The first-order valence-electron chi connectivity index (χ1n) is 3.52. The number of nitrogens with two attached hydrogens (primary N) is 1. The molecule has 0 aliphatic heterocycles. The van der Waals surface area contributed by atoms with Crippen LogP contribution in [-0.2, 0) is 7.05 Å². The van der Waals surface area contributed by atoms with Crippen molar-refractivity contribution in [2.45, 2.75) is 19.1 Å². The zero-order chi connectivity index (χ0) is 8.43. The molecule has 0 aliphatic rings. The van der Waals surface area contributed by atoms with Crippen LogP contribution in [0.1, 0.15) is 18.7 Å². The summed E-state index contributed by atoms with van der Waals surface area (Å²) in [6, 6.07) is -0.259. The third-order valence-corrected chi connectivity index (χ3v) is 1.66. The second kappa shape index (κ2) is 3.02. The third kappa shape index (κ3) is 1.58. The summed E-state index contributed by atoms with van der Waals surface area (Å²) in [4.78, 5) is 3.87. The number of imidazole rings is 1. The number of aromatic nitrogens is 2. The van der Waals surface area contributed by atoms with E-state index < -0.39 is 6.10 Å². The van der Waals surface area contributed by atoms with Gasteiger partial charge in [-0.1, -0.05) is 0 Å². The Morgan fingerprint density at radius 2 is 2.36 bits per heavy atom. The van der Waals surface area contributed by atoms with Gasteiger partial charge in [-0.15, -0.1) is 0 Å². The lowest BCUT2D eigenvalue weighted by molar-refractivity contribution is 0.145. The molecule has 11 heavy (non-hydrogen) atoms. The Labute approximate surface area is 65.7 Å². The molecule has 1 heterocycles. The third-order valence-electron chi connectivity index (χ3n) is 1.66. The molecule has 0 amide bonds. The number of aliphatic hydroxyl groups excluding tert-OH is 1. The zero-order valence-electron chi connectivity index (χ0n) is 6.73. The first-order chi connectivity index (χ1) is 5.13. The monoisotopic (exact) mass is 155 g/mol. The first kappa shape index (κ1) is 8.23. The van der Waals surface area contributed by atoms with Crippen molar-refractivity contribution >= 4 is 0 Å². The highest BCUT2D eigenvalue weighted by atomic mass is 16.3. The van der Waals surface area contributed by atoms with Crippen LogP contribution in [-0.4, -0.2) is 20.7 Å². The summed E-state index contributed by atoms with van der Waals surface area (Å²) >= 11 is 0. The Morgan fingerprint density at radius 3 is 2.73 bits per heavy atom. The number of hydrogen-bond donors (Lipinski definition) is 2. The molecular weight excluding hydrogens is 142 g/mol. The van der Waals surface area contributed by atoms with Crippen LogP contribution in [0, 0.1) is 0 Å². The van der Waals surface area contributed by atoms with Crippen molar-refractivity contribution in [1.82, 2.24) is 9.55 Å². The quantitative estimate of drug-likeness (QED) is 0.621.